The maximum atomic E-state index is 11.0. The summed E-state index contributed by atoms with van der Waals surface area (Å²) in [6.45, 7) is 0. The van der Waals surface area contributed by atoms with Gasteiger partial charge in [0.25, 0.3) is 0 Å². The Bertz CT molecular complexity index is 743. The van der Waals surface area contributed by atoms with Crippen molar-refractivity contribution in [2.75, 3.05) is 0 Å². The Morgan fingerprint density at radius 3 is 2.89 bits per heavy atom. The smallest absolute Gasteiger partial charge is 0.358 e. The summed E-state index contributed by atoms with van der Waals surface area (Å²) >= 11 is 0. The molecule has 0 aliphatic carbocycles. The molecule has 18 heavy (non-hydrogen) atoms. The van der Waals surface area contributed by atoms with E-state index in [0.717, 1.165) is 5.69 Å². The van der Waals surface area contributed by atoms with Crippen LogP contribution >= 0.6 is 0 Å². The second-order valence-corrected chi connectivity index (χ2v) is 3.78. The Balaban J connectivity index is 2.26. The van der Waals surface area contributed by atoms with Crippen LogP contribution in [0.4, 0.5) is 0 Å². The first-order chi connectivity index (χ1) is 8.66. The first-order valence-electron chi connectivity index (χ1n) is 5.22. The SMILES string of the molecule is Cn1nccc1-c1cn2ccnc(C(=O)O)c2n1. The average Bonchev–Trinajstić information content (AvgIpc) is 2.92. The molecule has 0 radical (unpaired) electrons. The van der Waals surface area contributed by atoms with Gasteiger partial charge in [-0.3, -0.25) is 4.68 Å². The van der Waals surface area contributed by atoms with Crippen LogP contribution < -0.4 is 0 Å². The van der Waals surface area contributed by atoms with Gasteiger partial charge in [-0.2, -0.15) is 5.10 Å². The van der Waals surface area contributed by atoms with Gasteiger partial charge in [0, 0.05) is 31.8 Å². The van der Waals surface area contributed by atoms with Crippen LogP contribution in [0, 0.1) is 0 Å². The van der Waals surface area contributed by atoms with E-state index in [1.165, 1.54) is 6.20 Å². The Morgan fingerprint density at radius 1 is 1.39 bits per heavy atom. The van der Waals surface area contributed by atoms with Crippen molar-refractivity contribution in [3.63, 3.8) is 0 Å². The number of imidazole rings is 1. The lowest BCUT2D eigenvalue weighted by molar-refractivity contribution is 0.0692. The molecule has 0 unspecified atom stereocenters. The highest BCUT2D eigenvalue weighted by molar-refractivity contribution is 5.92. The minimum Gasteiger partial charge on any atom is -0.476 e. The molecule has 0 atom stereocenters. The second kappa shape index (κ2) is 3.66. The summed E-state index contributed by atoms with van der Waals surface area (Å²) in [5.74, 6) is -1.09. The average molecular weight is 243 g/mol. The second-order valence-electron chi connectivity index (χ2n) is 3.78. The van der Waals surface area contributed by atoms with Gasteiger partial charge in [-0.1, -0.05) is 0 Å². The quantitative estimate of drug-likeness (QED) is 0.720. The summed E-state index contributed by atoms with van der Waals surface area (Å²) in [5.41, 5.74) is 1.73. The standard InChI is InChI=1S/C11H9N5O2/c1-15-8(2-3-13-15)7-6-16-5-4-12-9(11(17)18)10(16)14-7/h2-6H,1H3,(H,17,18). The van der Waals surface area contributed by atoms with Crippen molar-refractivity contribution in [1.29, 1.82) is 0 Å². The fraction of sp³-hybridized carbons (Fsp3) is 0.0909. The van der Waals surface area contributed by atoms with Crippen molar-refractivity contribution in [3.05, 3.63) is 36.5 Å². The highest BCUT2D eigenvalue weighted by Crippen LogP contribution is 2.18. The molecule has 7 nitrogen and oxygen atoms in total. The van der Waals surface area contributed by atoms with E-state index in [1.54, 1.807) is 34.7 Å². The largest absolute Gasteiger partial charge is 0.476 e. The first kappa shape index (κ1) is 10.5. The number of carboxylic acids is 1. The Hall–Kier alpha value is -2.70. The fourth-order valence-electron chi connectivity index (χ4n) is 1.82. The number of rotatable bonds is 2. The number of carboxylic acid groups (broad SMARTS) is 1. The zero-order valence-electron chi connectivity index (χ0n) is 9.48. The van der Waals surface area contributed by atoms with E-state index in [0.29, 0.717) is 11.3 Å². The van der Waals surface area contributed by atoms with Crippen LogP contribution in [-0.4, -0.2) is 35.2 Å². The summed E-state index contributed by atoms with van der Waals surface area (Å²) in [6.07, 6.45) is 6.51. The van der Waals surface area contributed by atoms with Gasteiger partial charge in [0.2, 0.25) is 0 Å². The van der Waals surface area contributed by atoms with E-state index in [9.17, 15) is 4.79 Å². The topological polar surface area (TPSA) is 85.3 Å². The molecule has 0 fully saturated rings. The summed E-state index contributed by atoms with van der Waals surface area (Å²) in [7, 11) is 1.80. The molecule has 90 valence electrons. The molecule has 0 bridgehead atoms. The van der Waals surface area contributed by atoms with Gasteiger partial charge in [0.1, 0.15) is 5.69 Å². The van der Waals surface area contributed by atoms with Crippen LogP contribution in [0.25, 0.3) is 17.0 Å². The van der Waals surface area contributed by atoms with E-state index in [-0.39, 0.29) is 5.69 Å². The normalized spacial score (nSPS) is 10.9. The third-order valence-electron chi connectivity index (χ3n) is 2.66. The molecule has 3 aromatic heterocycles. The molecule has 0 aromatic carbocycles. The third kappa shape index (κ3) is 1.45. The Kier molecular flexibility index (Phi) is 2.12. The van der Waals surface area contributed by atoms with E-state index in [4.69, 9.17) is 5.11 Å². The van der Waals surface area contributed by atoms with Gasteiger partial charge in [-0.05, 0) is 6.07 Å². The molecular weight excluding hydrogens is 234 g/mol. The number of fused-ring (bicyclic) bond motifs is 1. The number of carbonyl (C=O) groups is 1. The number of hydrogen-bond donors (Lipinski definition) is 1. The zero-order valence-corrected chi connectivity index (χ0v) is 9.48. The van der Waals surface area contributed by atoms with Gasteiger partial charge in [0.05, 0.1) is 5.69 Å². The summed E-state index contributed by atoms with van der Waals surface area (Å²) < 4.78 is 3.31. The number of aromatic nitrogens is 5. The van der Waals surface area contributed by atoms with E-state index < -0.39 is 5.97 Å². The van der Waals surface area contributed by atoms with E-state index >= 15 is 0 Å². The molecule has 3 aromatic rings. The Morgan fingerprint density at radius 2 is 2.22 bits per heavy atom. The molecule has 0 saturated heterocycles. The fourth-order valence-corrected chi connectivity index (χ4v) is 1.82. The van der Waals surface area contributed by atoms with E-state index in [1.807, 2.05) is 6.07 Å². The monoisotopic (exact) mass is 243 g/mol. The van der Waals surface area contributed by atoms with Crippen LogP contribution in [0.15, 0.2) is 30.9 Å². The number of aryl methyl sites for hydroxylation is 1. The molecule has 3 rings (SSSR count). The highest BCUT2D eigenvalue weighted by Gasteiger charge is 2.15. The highest BCUT2D eigenvalue weighted by atomic mass is 16.4. The molecule has 0 saturated carbocycles. The maximum absolute atomic E-state index is 11.0. The molecule has 1 N–H and O–H groups in total. The summed E-state index contributed by atoms with van der Waals surface area (Å²) in [6, 6.07) is 1.82. The van der Waals surface area contributed by atoms with Crippen molar-refractivity contribution in [2.24, 2.45) is 7.05 Å². The van der Waals surface area contributed by atoms with Crippen LogP contribution in [0.5, 0.6) is 0 Å². The maximum Gasteiger partial charge on any atom is 0.358 e. The van der Waals surface area contributed by atoms with Gasteiger partial charge in [-0.25, -0.2) is 14.8 Å². The first-order valence-corrected chi connectivity index (χ1v) is 5.22. The van der Waals surface area contributed by atoms with Crippen LogP contribution in [-0.2, 0) is 7.05 Å². The van der Waals surface area contributed by atoms with Crippen LogP contribution in [0.3, 0.4) is 0 Å². The van der Waals surface area contributed by atoms with Crippen molar-refractivity contribution in [3.8, 4) is 11.4 Å². The number of hydrogen-bond acceptors (Lipinski definition) is 4. The molecule has 0 spiro atoms. The number of aromatic carboxylic acids is 1. The summed E-state index contributed by atoms with van der Waals surface area (Å²) in [5, 5.41) is 13.1. The van der Waals surface area contributed by atoms with Crippen molar-refractivity contribution < 1.29 is 9.90 Å². The lowest BCUT2D eigenvalue weighted by atomic mass is 10.3. The van der Waals surface area contributed by atoms with Gasteiger partial charge < -0.3 is 9.51 Å². The molecule has 0 aliphatic rings. The molecule has 0 aliphatic heterocycles. The zero-order chi connectivity index (χ0) is 12.7. The lowest BCUT2D eigenvalue weighted by Crippen LogP contribution is -2.03. The van der Waals surface area contributed by atoms with Crippen LogP contribution in [0.1, 0.15) is 10.5 Å². The Labute approximate surface area is 101 Å². The molecule has 3 heterocycles. The minimum atomic E-state index is -1.09. The van der Waals surface area contributed by atoms with Gasteiger partial charge >= 0.3 is 5.97 Å². The van der Waals surface area contributed by atoms with Crippen molar-refractivity contribution >= 4 is 11.6 Å². The molecule has 0 amide bonds. The summed E-state index contributed by atoms with van der Waals surface area (Å²) in [4.78, 5) is 19.2. The predicted molar refractivity (Wildman–Crippen MR) is 62.1 cm³/mol. The van der Waals surface area contributed by atoms with Crippen molar-refractivity contribution in [1.82, 2.24) is 24.1 Å². The van der Waals surface area contributed by atoms with E-state index in [2.05, 4.69) is 15.1 Å². The number of nitrogens with zero attached hydrogens (tertiary/aromatic N) is 5. The lowest BCUT2D eigenvalue weighted by Gasteiger charge is -1.95. The predicted octanol–water partition coefficient (Wildman–Crippen LogP) is 0.828. The van der Waals surface area contributed by atoms with Crippen molar-refractivity contribution in [2.45, 2.75) is 0 Å². The molecular formula is C11H9N5O2. The van der Waals surface area contributed by atoms with Gasteiger partial charge in [-0.15, -0.1) is 0 Å². The van der Waals surface area contributed by atoms with Gasteiger partial charge in [0.15, 0.2) is 11.3 Å². The minimum absolute atomic E-state index is 0.0640. The third-order valence-corrected chi connectivity index (χ3v) is 2.66. The molecule has 7 heteroatoms. The van der Waals surface area contributed by atoms with Crippen LogP contribution in [0.2, 0.25) is 0 Å².